The van der Waals surface area contributed by atoms with Crippen molar-refractivity contribution in [3.8, 4) is 0 Å². The first-order chi connectivity index (χ1) is 21.1. The molecule has 0 bridgehead atoms. The van der Waals surface area contributed by atoms with Crippen LogP contribution in [-0.2, 0) is 32.6 Å². The van der Waals surface area contributed by atoms with Crippen LogP contribution in [0, 0.1) is 13.8 Å². The second-order valence-electron chi connectivity index (χ2n) is 10.8. The Kier molecular flexibility index (Phi) is 11.2. The van der Waals surface area contributed by atoms with Crippen molar-refractivity contribution >= 4 is 39.1 Å². The summed E-state index contributed by atoms with van der Waals surface area (Å²) in [5.74, 6) is -0.814. The quantitative estimate of drug-likeness (QED) is 0.187. The minimum atomic E-state index is -4.15. The number of nitrogens with zero attached hydrogens (tertiary/aromatic N) is 2. The molecule has 4 rings (SSSR count). The maximum atomic E-state index is 14.4. The fourth-order valence-corrected chi connectivity index (χ4v) is 6.39. The van der Waals surface area contributed by atoms with Crippen molar-refractivity contribution in [3.63, 3.8) is 0 Å². The Balaban J connectivity index is 1.79. The van der Waals surface area contributed by atoms with E-state index in [9.17, 15) is 18.0 Å². The molecule has 2 amide bonds. The number of aryl methyl sites for hydroxylation is 2. The molecule has 0 radical (unpaired) electrons. The average molecular weight is 632 g/mol. The number of sulfonamides is 1. The Morgan fingerprint density at radius 3 is 2.14 bits per heavy atom. The molecule has 4 aromatic carbocycles. The van der Waals surface area contributed by atoms with Crippen molar-refractivity contribution in [2.45, 2.75) is 51.1 Å². The van der Waals surface area contributed by atoms with Crippen LogP contribution >= 0.6 is 11.6 Å². The first-order valence-electron chi connectivity index (χ1n) is 14.6. The van der Waals surface area contributed by atoms with Crippen LogP contribution in [0.4, 0.5) is 5.69 Å². The van der Waals surface area contributed by atoms with Crippen LogP contribution in [0.2, 0.25) is 5.02 Å². The number of carbonyl (C=O) groups excluding carboxylic acids is 2. The smallest absolute Gasteiger partial charge is 0.264 e. The number of rotatable bonds is 13. The van der Waals surface area contributed by atoms with Crippen LogP contribution in [0.3, 0.4) is 0 Å². The number of anilines is 1. The van der Waals surface area contributed by atoms with Crippen LogP contribution in [0.1, 0.15) is 35.6 Å². The van der Waals surface area contributed by atoms with Gasteiger partial charge in [0.15, 0.2) is 0 Å². The normalized spacial score (nSPS) is 11.9. The molecule has 0 fully saturated rings. The van der Waals surface area contributed by atoms with E-state index >= 15 is 0 Å². The SMILES string of the molecule is CCCNC(=O)C(Cc1ccccc1)N(Cc1ccc(Cl)cc1)C(=O)CN(c1cccc(C)c1)S(=O)(=O)c1ccc(C)cc1. The fourth-order valence-electron chi connectivity index (χ4n) is 4.86. The maximum absolute atomic E-state index is 14.4. The largest absolute Gasteiger partial charge is 0.354 e. The number of amides is 2. The molecule has 0 aromatic heterocycles. The average Bonchev–Trinajstić information content (AvgIpc) is 3.01. The van der Waals surface area contributed by atoms with Crippen LogP contribution in [-0.4, -0.2) is 44.3 Å². The predicted octanol–water partition coefficient (Wildman–Crippen LogP) is 6.32. The van der Waals surface area contributed by atoms with E-state index in [1.54, 1.807) is 66.7 Å². The fraction of sp³-hybridized carbons (Fsp3) is 0.257. The maximum Gasteiger partial charge on any atom is 0.264 e. The van der Waals surface area contributed by atoms with E-state index in [1.165, 1.54) is 4.90 Å². The number of carbonyl (C=O) groups is 2. The lowest BCUT2D eigenvalue weighted by atomic mass is 10.0. The zero-order chi connectivity index (χ0) is 31.7. The van der Waals surface area contributed by atoms with Crippen LogP contribution < -0.4 is 9.62 Å². The van der Waals surface area contributed by atoms with Crippen molar-refractivity contribution in [1.82, 2.24) is 10.2 Å². The summed E-state index contributed by atoms with van der Waals surface area (Å²) >= 11 is 6.14. The highest BCUT2D eigenvalue weighted by molar-refractivity contribution is 7.92. The highest BCUT2D eigenvalue weighted by Gasteiger charge is 2.34. The Morgan fingerprint density at radius 2 is 1.50 bits per heavy atom. The summed E-state index contributed by atoms with van der Waals surface area (Å²) in [5, 5.41) is 3.50. The molecule has 0 heterocycles. The monoisotopic (exact) mass is 631 g/mol. The van der Waals surface area contributed by atoms with Gasteiger partial charge in [0.1, 0.15) is 12.6 Å². The number of hydrogen-bond donors (Lipinski definition) is 1. The zero-order valence-corrected chi connectivity index (χ0v) is 26.8. The zero-order valence-electron chi connectivity index (χ0n) is 25.2. The molecule has 0 saturated carbocycles. The Morgan fingerprint density at radius 1 is 0.818 bits per heavy atom. The molecule has 1 N–H and O–H groups in total. The molecule has 0 aliphatic heterocycles. The van der Waals surface area contributed by atoms with Crippen LogP contribution in [0.15, 0.2) is 108 Å². The molecular weight excluding hydrogens is 594 g/mol. The van der Waals surface area contributed by atoms with Gasteiger partial charge in [0, 0.05) is 24.5 Å². The van der Waals surface area contributed by atoms with Gasteiger partial charge < -0.3 is 10.2 Å². The van der Waals surface area contributed by atoms with Gasteiger partial charge in [0.05, 0.1) is 10.6 Å². The molecular formula is C35H38ClN3O4S. The summed E-state index contributed by atoms with van der Waals surface area (Å²) in [6.45, 7) is 5.73. The first kappa shape index (κ1) is 32.8. The molecule has 0 aliphatic rings. The summed E-state index contributed by atoms with van der Waals surface area (Å²) in [6, 6.07) is 29.2. The summed E-state index contributed by atoms with van der Waals surface area (Å²) in [5.41, 5.74) is 3.75. The number of hydrogen-bond acceptors (Lipinski definition) is 4. The second-order valence-corrected chi connectivity index (χ2v) is 13.1. The highest BCUT2D eigenvalue weighted by atomic mass is 35.5. The molecule has 0 saturated heterocycles. The molecule has 44 heavy (non-hydrogen) atoms. The Hall–Kier alpha value is -4.14. The number of benzene rings is 4. The molecule has 0 spiro atoms. The third-order valence-corrected chi connectivity index (χ3v) is 9.30. The van der Waals surface area contributed by atoms with Crippen LogP contribution in [0.5, 0.6) is 0 Å². The Labute approximate surface area is 265 Å². The van der Waals surface area contributed by atoms with E-state index in [0.29, 0.717) is 17.3 Å². The van der Waals surface area contributed by atoms with Crippen molar-refractivity contribution < 1.29 is 18.0 Å². The van der Waals surface area contributed by atoms with E-state index in [2.05, 4.69) is 5.32 Å². The van der Waals surface area contributed by atoms with Crippen LogP contribution in [0.25, 0.3) is 0 Å². The lowest BCUT2D eigenvalue weighted by Gasteiger charge is -2.34. The highest BCUT2D eigenvalue weighted by Crippen LogP contribution is 2.26. The standard InChI is InChI=1S/C35H38ClN3O4S/c1-4-21-37-35(41)33(23-28-10-6-5-7-11-28)38(24-29-15-17-30(36)18-16-29)34(40)25-39(31-12-8-9-27(3)22-31)44(42,43)32-19-13-26(2)14-20-32/h5-20,22,33H,4,21,23-25H2,1-3H3,(H,37,41). The first-order valence-corrected chi connectivity index (χ1v) is 16.4. The third kappa shape index (κ3) is 8.49. The minimum absolute atomic E-state index is 0.0724. The summed E-state index contributed by atoms with van der Waals surface area (Å²) in [7, 11) is -4.15. The van der Waals surface area contributed by atoms with Gasteiger partial charge >= 0.3 is 0 Å². The number of nitrogens with one attached hydrogen (secondary N) is 1. The predicted molar refractivity (Wildman–Crippen MR) is 176 cm³/mol. The van der Waals surface area contributed by atoms with E-state index < -0.39 is 28.5 Å². The van der Waals surface area contributed by atoms with Crippen molar-refractivity contribution in [1.29, 1.82) is 0 Å². The van der Waals surface area contributed by atoms with Crippen molar-refractivity contribution in [2.75, 3.05) is 17.4 Å². The number of halogens is 1. The van der Waals surface area contributed by atoms with E-state index in [4.69, 9.17) is 11.6 Å². The van der Waals surface area contributed by atoms with Gasteiger partial charge in [-0.05, 0) is 73.4 Å². The van der Waals surface area contributed by atoms with Crippen molar-refractivity contribution in [2.24, 2.45) is 0 Å². The molecule has 1 atom stereocenters. The van der Waals surface area contributed by atoms with Gasteiger partial charge in [0.2, 0.25) is 11.8 Å². The molecule has 7 nitrogen and oxygen atoms in total. The van der Waals surface area contributed by atoms with Gasteiger partial charge in [-0.1, -0.05) is 90.8 Å². The topological polar surface area (TPSA) is 86.8 Å². The second kappa shape index (κ2) is 15.0. The van der Waals surface area contributed by atoms with Gasteiger partial charge in [-0.15, -0.1) is 0 Å². The van der Waals surface area contributed by atoms with Gasteiger partial charge in [-0.25, -0.2) is 8.42 Å². The van der Waals surface area contributed by atoms with E-state index in [0.717, 1.165) is 33.0 Å². The lowest BCUT2D eigenvalue weighted by Crippen LogP contribution is -2.53. The summed E-state index contributed by atoms with van der Waals surface area (Å²) in [4.78, 5) is 29.7. The minimum Gasteiger partial charge on any atom is -0.354 e. The van der Waals surface area contributed by atoms with Gasteiger partial charge in [0.25, 0.3) is 10.0 Å². The Bertz CT molecular complexity index is 1660. The van der Waals surface area contributed by atoms with Gasteiger partial charge in [-0.3, -0.25) is 13.9 Å². The van der Waals surface area contributed by atoms with E-state index in [1.807, 2.05) is 57.2 Å². The summed E-state index contributed by atoms with van der Waals surface area (Å²) in [6.07, 6.45) is 0.982. The lowest BCUT2D eigenvalue weighted by molar-refractivity contribution is -0.140. The third-order valence-electron chi connectivity index (χ3n) is 7.26. The summed E-state index contributed by atoms with van der Waals surface area (Å²) < 4.78 is 29.3. The molecule has 0 aliphatic carbocycles. The molecule has 230 valence electrons. The molecule has 4 aromatic rings. The van der Waals surface area contributed by atoms with Crippen molar-refractivity contribution in [3.05, 3.63) is 130 Å². The molecule has 9 heteroatoms. The van der Waals surface area contributed by atoms with Gasteiger partial charge in [-0.2, -0.15) is 0 Å². The van der Waals surface area contributed by atoms with E-state index in [-0.39, 0.29) is 23.8 Å². The molecule has 1 unspecified atom stereocenters.